The Hall–Kier alpha value is -3.84. The molecule has 2 heterocycles. The van der Waals surface area contributed by atoms with E-state index in [4.69, 9.17) is 22.1 Å². The number of carbonyl (C=O) groups excluding carboxylic acids is 1. The minimum Gasteiger partial charge on any atom is -0.493 e. The molecule has 2 aromatic heterocycles. The topological polar surface area (TPSA) is 106 Å². The van der Waals surface area contributed by atoms with E-state index in [2.05, 4.69) is 20.3 Å². The van der Waals surface area contributed by atoms with Crippen molar-refractivity contribution in [3.63, 3.8) is 0 Å². The molecule has 0 spiro atoms. The van der Waals surface area contributed by atoms with Gasteiger partial charge in [-0.05, 0) is 42.0 Å². The number of nitrogens with two attached hydrogens (primary N) is 1. The summed E-state index contributed by atoms with van der Waals surface area (Å²) in [6.07, 6.45) is 5.62. The number of hydrogen-bond acceptors (Lipinski definition) is 5. The second-order valence-electron chi connectivity index (χ2n) is 6.75. The van der Waals surface area contributed by atoms with Gasteiger partial charge in [0.2, 0.25) is 0 Å². The number of nitrogens with one attached hydrogen (secondary N) is 2. The number of amides is 1. The van der Waals surface area contributed by atoms with Crippen LogP contribution in [0.1, 0.15) is 15.9 Å². The van der Waals surface area contributed by atoms with E-state index in [9.17, 15) is 4.79 Å². The maximum Gasteiger partial charge on any atom is 0.252 e. The maximum atomic E-state index is 11.6. The molecule has 31 heavy (non-hydrogen) atoms. The zero-order valence-corrected chi connectivity index (χ0v) is 17.3. The highest BCUT2D eigenvalue weighted by Crippen LogP contribution is 2.29. The molecule has 8 heteroatoms. The Morgan fingerprint density at radius 2 is 2.03 bits per heavy atom. The number of rotatable bonds is 8. The average Bonchev–Trinajstić information content (AvgIpc) is 3.31. The van der Waals surface area contributed by atoms with E-state index in [0.717, 1.165) is 22.6 Å². The Bertz CT molecular complexity index is 1190. The molecule has 4 aromatic rings. The number of H-pyrrole nitrogens is 1. The lowest BCUT2D eigenvalue weighted by atomic mass is 10.1. The Kier molecular flexibility index (Phi) is 6.14. The first-order valence-corrected chi connectivity index (χ1v) is 10.0. The van der Waals surface area contributed by atoms with Crippen LogP contribution in [-0.4, -0.2) is 27.5 Å². The van der Waals surface area contributed by atoms with Crippen LogP contribution in [-0.2, 0) is 6.42 Å². The molecule has 0 aliphatic carbocycles. The quantitative estimate of drug-likeness (QED) is 0.377. The normalized spacial score (nSPS) is 10.6. The molecule has 0 radical (unpaired) electrons. The largest absolute Gasteiger partial charge is 0.493 e. The van der Waals surface area contributed by atoms with Gasteiger partial charge >= 0.3 is 0 Å². The Balaban J connectivity index is 1.42. The summed E-state index contributed by atoms with van der Waals surface area (Å²) in [7, 11) is 0. The monoisotopic (exact) mass is 433 g/mol. The summed E-state index contributed by atoms with van der Waals surface area (Å²) in [4.78, 5) is 22.9. The van der Waals surface area contributed by atoms with Gasteiger partial charge in [-0.2, -0.15) is 0 Å². The van der Waals surface area contributed by atoms with Crippen molar-refractivity contribution >= 4 is 29.0 Å². The molecule has 0 bridgehead atoms. The molecule has 0 saturated heterocycles. The Morgan fingerprint density at radius 1 is 1.16 bits per heavy atom. The molecular formula is C23H20ClN5O2. The van der Waals surface area contributed by atoms with Crippen LogP contribution in [0.2, 0.25) is 5.02 Å². The van der Waals surface area contributed by atoms with Gasteiger partial charge in [0, 0.05) is 28.9 Å². The number of halogens is 1. The molecule has 7 nitrogen and oxygen atoms in total. The maximum absolute atomic E-state index is 11.6. The molecule has 0 atom stereocenters. The zero-order valence-electron chi connectivity index (χ0n) is 16.5. The highest BCUT2D eigenvalue weighted by molar-refractivity contribution is 6.31. The van der Waals surface area contributed by atoms with E-state index in [1.165, 1.54) is 0 Å². The number of hydrogen-bond donors (Lipinski definition) is 3. The molecule has 0 unspecified atom stereocenters. The number of primary amides is 1. The second kappa shape index (κ2) is 9.32. The van der Waals surface area contributed by atoms with Crippen LogP contribution in [0.3, 0.4) is 0 Å². The number of aromatic amines is 1. The summed E-state index contributed by atoms with van der Waals surface area (Å²) >= 11 is 6.47. The van der Waals surface area contributed by atoms with Crippen LogP contribution >= 0.6 is 11.6 Å². The number of benzene rings is 2. The standard InChI is InChI=1S/C23H20ClN5O2/c24-19-12-16(29-23-18(22(25)30)5-3-10-27-23)8-7-15(19)9-11-31-21-6-2-1-4-17(21)20-13-26-14-28-20/h1-8,10,12-14H,9,11H2,(H2,25,30)(H,26,28)(H,27,29). The molecule has 0 aliphatic rings. The predicted molar refractivity (Wildman–Crippen MR) is 121 cm³/mol. The summed E-state index contributed by atoms with van der Waals surface area (Å²) in [6, 6.07) is 16.6. The molecule has 4 N–H and O–H groups in total. The number of ether oxygens (including phenoxy) is 1. The number of carbonyl (C=O) groups is 1. The van der Waals surface area contributed by atoms with Crippen molar-refractivity contribution in [3.05, 3.63) is 89.5 Å². The summed E-state index contributed by atoms with van der Waals surface area (Å²) in [5.41, 5.74) is 9.22. The summed E-state index contributed by atoms with van der Waals surface area (Å²) < 4.78 is 6.00. The van der Waals surface area contributed by atoms with E-state index in [0.29, 0.717) is 35.1 Å². The lowest BCUT2D eigenvalue weighted by molar-refractivity contribution is 0.100. The third-order valence-corrected chi connectivity index (χ3v) is 5.05. The van der Waals surface area contributed by atoms with Gasteiger partial charge in [-0.25, -0.2) is 9.97 Å². The van der Waals surface area contributed by atoms with Crippen molar-refractivity contribution in [1.82, 2.24) is 15.0 Å². The van der Waals surface area contributed by atoms with Crippen LogP contribution in [0.5, 0.6) is 5.75 Å². The van der Waals surface area contributed by atoms with Crippen molar-refractivity contribution in [1.29, 1.82) is 0 Å². The van der Waals surface area contributed by atoms with E-state index in [1.54, 1.807) is 36.9 Å². The zero-order chi connectivity index (χ0) is 21.6. The predicted octanol–water partition coefficient (Wildman–Crippen LogP) is 4.59. The molecule has 0 aliphatic heterocycles. The number of anilines is 2. The van der Waals surface area contributed by atoms with Crippen LogP contribution in [0.15, 0.2) is 73.3 Å². The first-order chi connectivity index (χ1) is 15.1. The first-order valence-electron chi connectivity index (χ1n) is 9.62. The summed E-state index contributed by atoms with van der Waals surface area (Å²) in [6.45, 7) is 0.462. The first kappa shape index (κ1) is 20.4. The highest BCUT2D eigenvalue weighted by atomic mass is 35.5. The number of aromatic nitrogens is 3. The average molecular weight is 434 g/mol. The van der Waals surface area contributed by atoms with Gasteiger partial charge in [0.1, 0.15) is 11.6 Å². The summed E-state index contributed by atoms with van der Waals surface area (Å²) in [5.74, 6) is 0.610. The van der Waals surface area contributed by atoms with Gasteiger partial charge in [-0.1, -0.05) is 29.8 Å². The number of pyridine rings is 1. The van der Waals surface area contributed by atoms with Gasteiger partial charge in [0.15, 0.2) is 0 Å². The van der Waals surface area contributed by atoms with E-state index in [1.807, 2.05) is 36.4 Å². The minimum absolute atomic E-state index is 0.312. The van der Waals surface area contributed by atoms with Gasteiger partial charge in [-0.3, -0.25) is 4.79 Å². The van der Waals surface area contributed by atoms with Crippen molar-refractivity contribution in [3.8, 4) is 17.0 Å². The van der Waals surface area contributed by atoms with Gasteiger partial charge in [0.25, 0.3) is 5.91 Å². The van der Waals surface area contributed by atoms with Crippen LogP contribution in [0, 0.1) is 0 Å². The minimum atomic E-state index is -0.550. The lowest BCUT2D eigenvalue weighted by Crippen LogP contribution is -2.14. The van der Waals surface area contributed by atoms with Crippen molar-refractivity contribution < 1.29 is 9.53 Å². The molecule has 0 fully saturated rings. The van der Waals surface area contributed by atoms with E-state index >= 15 is 0 Å². The van der Waals surface area contributed by atoms with Gasteiger partial charge in [0.05, 0.1) is 30.4 Å². The smallest absolute Gasteiger partial charge is 0.252 e. The molecular weight excluding hydrogens is 414 g/mol. The number of imidazole rings is 1. The molecule has 4 rings (SSSR count). The fraction of sp³-hybridized carbons (Fsp3) is 0.0870. The van der Waals surface area contributed by atoms with Crippen LogP contribution < -0.4 is 15.8 Å². The summed E-state index contributed by atoms with van der Waals surface area (Å²) in [5, 5.41) is 3.68. The highest BCUT2D eigenvalue weighted by Gasteiger charge is 2.11. The molecule has 1 amide bonds. The fourth-order valence-electron chi connectivity index (χ4n) is 3.16. The van der Waals surface area contributed by atoms with Gasteiger partial charge in [-0.15, -0.1) is 0 Å². The molecule has 156 valence electrons. The molecule has 2 aromatic carbocycles. The number of nitrogens with zero attached hydrogens (tertiary/aromatic N) is 2. The van der Waals surface area contributed by atoms with Crippen molar-refractivity contribution in [2.75, 3.05) is 11.9 Å². The fourth-order valence-corrected chi connectivity index (χ4v) is 3.43. The lowest BCUT2D eigenvalue weighted by Gasteiger charge is -2.13. The molecule has 0 saturated carbocycles. The SMILES string of the molecule is NC(=O)c1cccnc1Nc1ccc(CCOc2ccccc2-c2cnc[nH]2)c(Cl)c1. The Labute approximate surface area is 184 Å². The number of para-hydroxylation sites is 1. The van der Waals surface area contributed by atoms with E-state index < -0.39 is 5.91 Å². The van der Waals surface area contributed by atoms with E-state index in [-0.39, 0.29) is 0 Å². The van der Waals surface area contributed by atoms with Crippen LogP contribution in [0.25, 0.3) is 11.3 Å². The van der Waals surface area contributed by atoms with Crippen molar-refractivity contribution in [2.45, 2.75) is 6.42 Å². The second-order valence-corrected chi connectivity index (χ2v) is 7.16. The van der Waals surface area contributed by atoms with Crippen molar-refractivity contribution in [2.24, 2.45) is 5.73 Å². The third-order valence-electron chi connectivity index (χ3n) is 4.69. The third kappa shape index (κ3) is 4.84. The van der Waals surface area contributed by atoms with Crippen LogP contribution in [0.4, 0.5) is 11.5 Å². The van der Waals surface area contributed by atoms with Gasteiger partial charge < -0.3 is 20.8 Å². The Morgan fingerprint density at radius 3 is 2.81 bits per heavy atom.